The second kappa shape index (κ2) is 18.6. The third-order valence-electron chi connectivity index (χ3n) is 8.68. The Morgan fingerprint density at radius 1 is 0.622 bits per heavy atom. The molecule has 0 atom stereocenters. The van der Waals surface area contributed by atoms with Gasteiger partial charge in [-0.2, -0.15) is 0 Å². The number of hydrogen-bond donors (Lipinski definition) is 0. The summed E-state index contributed by atoms with van der Waals surface area (Å²) in [7, 11) is -3.27. The fourth-order valence-electron chi connectivity index (χ4n) is 6.02. The predicted molar refractivity (Wildman–Crippen MR) is 176 cm³/mol. The van der Waals surface area contributed by atoms with E-state index in [0.717, 1.165) is 4.90 Å². The molecule has 0 bridgehead atoms. The van der Waals surface area contributed by atoms with E-state index >= 15 is 0 Å². The van der Waals surface area contributed by atoms with Crippen molar-refractivity contribution in [3.05, 3.63) is 6.07 Å². The van der Waals surface area contributed by atoms with Crippen molar-refractivity contribution < 1.29 is 8.42 Å². The zero-order valence-electron chi connectivity index (χ0n) is 26.0. The second-order valence-corrected chi connectivity index (χ2v) is 43.8. The van der Waals surface area contributed by atoms with Crippen molar-refractivity contribution in [3.63, 3.8) is 0 Å². The van der Waals surface area contributed by atoms with Crippen molar-refractivity contribution in [2.75, 3.05) is 0 Å². The molecule has 0 saturated heterocycles. The average Bonchev–Trinajstić information content (AvgIpc) is 3.36. The van der Waals surface area contributed by atoms with Gasteiger partial charge in [0.05, 0.1) is 0 Å². The molecule has 0 radical (unpaired) electrons. The van der Waals surface area contributed by atoms with E-state index in [1.807, 2.05) is 13.8 Å². The normalized spacial score (nSPS) is 13.1. The van der Waals surface area contributed by atoms with Crippen molar-refractivity contribution >= 4 is 63.7 Å². The van der Waals surface area contributed by atoms with Crippen molar-refractivity contribution in [1.29, 1.82) is 0 Å². The van der Waals surface area contributed by atoms with Crippen molar-refractivity contribution in [2.24, 2.45) is 0 Å². The molecule has 0 saturated carbocycles. The summed E-state index contributed by atoms with van der Waals surface area (Å²) in [4.78, 5) is 0.854. The molecule has 0 fully saturated rings. The molecule has 6 heteroatoms. The summed E-state index contributed by atoms with van der Waals surface area (Å²) in [5.41, 5.74) is 0. The van der Waals surface area contributed by atoms with Crippen LogP contribution in [0.15, 0.2) is 11.0 Å². The van der Waals surface area contributed by atoms with Gasteiger partial charge in [0.15, 0.2) is 0 Å². The second-order valence-electron chi connectivity index (χ2n) is 12.1. The van der Waals surface area contributed by atoms with Crippen LogP contribution in [0, 0.1) is 0 Å². The molecule has 37 heavy (non-hydrogen) atoms. The molecule has 0 amide bonds. The van der Waals surface area contributed by atoms with Crippen molar-refractivity contribution in [1.82, 2.24) is 0 Å². The van der Waals surface area contributed by atoms with Gasteiger partial charge in [0.25, 0.3) is 0 Å². The molecule has 1 rings (SSSR count). The van der Waals surface area contributed by atoms with Crippen LogP contribution in [0.25, 0.3) is 0 Å². The molecule has 2 nitrogen and oxygen atoms in total. The first kappa shape index (κ1) is 36.3. The summed E-state index contributed by atoms with van der Waals surface area (Å²) in [5, 5.41) is -0.326. The minimum atomic E-state index is -3.27. The van der Waals surface area contributed by atoms with Crippen LogP contribution in [0.2, 0.25) is 26.6 Å². The van der Waals surface area contributed by atoms with Crippen LogP contribution >= 0.6 is 11.3 Å². The van der Waals surface area contributed by atoms with Crippen molar-refractivity contribution in [3.8, 4) is 0 Å². The van der Waals surface area contributed by atoms with Crippen LogP contribution in [0.3, 0.4) is 0 Å². The molecule has 1 heterocycles. The Hall–Kier alpha value is 1.25. The Kier molecular flexibility index (Phi) is 18.3. The minimum absolute atomic E-state index is 0.326. The van der Waals surface area contributed by atoms with E-state index in [0.29, 0.717) is 0 Å². The fourth-order valence-corrected chi connectivity index (χ4v) is 52.7. The number of unbranched alkanes of at least 4 members (excludes halogenated alkanes) is 6. The monoisotopic (exact) mass is 770 g/mol. The molecule has 1 aromatic rings. The third kappa shape index (κ3) is 10.2. The molecular weight excluding hydrogens is 706 g/mol. The maximum atomic E-state index is 14.1. The SMILES string of the molecule is CCC[CH2][Sn]([CH2]CCC)([CH2]CCC)[c]1cc(S(=O)(=O)C(C)C)[c]([Sn]([CH2]CCC)([CH2]CCC)[CH2]CCC)s1. The predicted octanol–water partition coefficient (Wildman–Crippen LogP) is 10.0. The number of sulfone groups is 1. The summed E-state index contributed by atoms with van der Waals surface area (Å²) in [6.45, 7) is 17.8. The van der Waals surface area contributed by atoms with Gasteiger partial charge in [-0.25, -0.2) is 0 Å². The Balaban J connectivity index is 3.99. The molecule has 0 aromatic carbocycles. The van der Waals surface area contributed by atoms with E-state index in [4.69, 9.17) is 0 Å². The molecule has 1 aromatic heterocycles. The number of rotatable bonds is 22. The zero-order valence-corrected chi connectivity index (χ0v) is 33.4. The fraction of sp³-hybridized carbons (Fsp3) is 0.871. The van der Waals surface area contributed by atoms with Crippen LogP contribution < -0.4 is 5.79 Å². The molecule has 0 N–H and O–H groups in total. The van der Waals surface area contributed by atoms with Crippen LogP contribution in [0.1, 0.15) is 132 Å². The summed E-state index contributed by atoms with van der Waals surface area (Å²) in [6, 6.07) is 2.36. The van der Waals surface area contributed by atoms with E-state index in [1.165, 1.54) is 107 Å². The van der Waals surface area contributed by atoms with Crippen LogP contribution in [-0.2, 0) is 9.84 Å². The van der Waals surface area contributed by atoms with Gasteiger partial charge in [0, 0.05) is 0 Å². The van der Waals surface area contributed by atoms with Crippen LogP contribution in [0.4, 0.5) is 0 Å². The first-order valence-electron chi connectivity index (χ1n) is 16.0. The molecule has 0 aliphatic carbocycles. The Morgan fingerprint density at radius 2 is 0.946 bits per heavy atom. The van der Waals surface area contributed by atoms with Gasteiger partial charge in [-0.1, -0.05) is 0 Å². The van der Waals surface area contributed by atoms with Gasteiger partial charge in [0.2, 0.25) is 0 Å². The van der Waals surface area contributed by atoms with Gasteiger partial charge in [-0.15, -0.1) is 0 Å². The average molecular weight is 768 g/mol. The Labute approximate surface area is 245 Å². The molecule has 0 spiro atoms. The van der Waals surface area contributed by atoms with Gasteiger partial charge >= 0.3 is 247 Å². The summed E-state index contributed by atoms with van der Waals surface area (Å²) in [5.74, 6) is 0. The molecular formula is C31H62O2S2Sn2. The first-order valence-corrected chi connectivity index (χ1v) is 33.4. The van der Waals surface area contributed by atoms with Gasteiger partial charge in [-0.3, -0.25) is 0 Å². The van der Waals surface area contributed by atoms with Crippen molar-refractivity contribution in [2.45, 2.75) is 169 Å². The van der Waals surface area contributed by atoms with Crippen LogP contribution in [0.5, 0.6) is 0 Å². The standard InChI is InChI=1S/C7H8O2S2.6C4H9.2Sn/c1-6(2)11(8,9)7-3-4-10-5-7;6*1-3-4-2;;/h3,6H,1-2H3;6*1,3-4H2,2H3;;. The molecule has 0 aliphatic heterocycles. The Bertz CT molecular complexity index is 802. The Morgan fingerprint density at radius 3 is 1.24 bits per heavy atom. The quantitative estimate of drug-likeness (QED) is 0.110. The van der Waals surface area contributed by atoms with E-state index in [2.05, 4.69) is 58.9 Å². The zero-order chi connectivity index (χ0) is 28.0. The van der Waals surface area contributed by atoms with E-state index < -0.39 is 46.6 Å². The number of hydrogen-bond acceptors (Lipinski definition) is 3. The summed E-state index contributed by atoms with van der Waals surface area (Å²) in [6.07, 6.45) is 15.3. The van der Waals surface area contributed by atoms with E-state index in [9.17, 15) is 8.42 Å². The first-order chi connectivity index (χ1) is 17.6. The van der Waals surface area contributed by atoms with Gasteiger partial charge in [0.1, 0.15) is 0 Å². The third-order valence-corrected chi connectivity index (χ3v) is 49.2. The van der Waals surface area contributed by atoms with Gasteiger partial charge < -0.3 is 0 Å². The van der Waals surface area contributed by atoms with E-state index in [-0.39, 0.29) is 5.25 Å². The topological polar surface area (TPSA) is 34.1 Å². The summed E-state index contributed by atoms with van der Waals surface area (Å²) >= 11 is -3.50. The number of thiophene rings is 1. The van der Waals surface area contributed by atoms with Crippen LogP contribution in [-0.4, -0.2) is 50.4 Å². The summed E-state index contributed by atoms with van der Waals surface area (Å²) < 4.78 is 39.6. The molecule has 0 aliphatic rings. The van der Waals surface area contributed by atoms with E-state index in [1.54, 1.807) is 2.89 Å². The maximum absolute atomic E-state index is 14.1. The molecule has 0 unspecified atom stereocenters. The molecule has 218 valence electrons. The van der Waals surface area contributed by atoms with Gasteiger partial charge in [-0.05, 0) is 0 Å².